The Balaban J connectivity index is 1.60. The second-order valence-electron chi connectivity index (χ2n) is 6.94. The van der Waals surface area contributed by atoms with Gasteiger partial charge in [0.15, 0.2) is 34.7 Å². The number of hydrogen-bond acceptors (Lipinski definition) is 11. The molecule has 1 aliphatic heterocycles. The molecule has 5 N–H and O–H groups in total. The summed E-state index contributed by atoms with van der Waals surface area (Å²) >= 11 is 0. The molecule has 0 spiro atoms. The van der Waals surface area contributed by atoms with Gasteiger partial charge in [0.05, 0.1) is 27.2 Å². The number of nitrogens with zero attached hydrogens (tertiary/aromatic N) is 4. The van der Waals surface area contributed by atoms with Gasteiger partial charge in [0, 0.05) is 12.1 Å². The van der Waals surface area contributed by atoms with E-state index >= 15 is 0 Å². The van der Waals surface area contributed by atoms with Crippen LogP contribution in [0.2, 0.25) is 0 Å². The van der Waals surface area contributed by atoms with Crippen LogP contribution in [0.4, 0.5) is 5.82 Å². The lowest BCUT2D eigenvalue weighted by Gasteiger charge is -2.16. The summed E-state index contributed by atoms with van der Waals surface area (Å²) in [5.41, 5.74) is 1.32. The van der Waals surface area contributed by atoms with Crippen molar-refractivity contribution in [2.75, 3.05) is 26.1 Å². The first-order chi connectivity index (χ1) is 15.0. The van der Waals surface area contributed by atoms with Gasteiger partial charge in [-0.05, 0) is 12.1 Å². The van der Waals surface area contributed by atoms with Crippen molar-refractivity contribution in [3.8, 4) is 17.2 Å². The standard InChI is InChI=1S/C19H23N5O7/c1-29-10-4-3-9(13(26)16(10)30-2)5-20-17-12-18(22-7-21-17)24(8-23-12)19-15(28)14(27)11(6-25)31-19/h3-4,7-8,11,14-15,19,25-28H,5-6H2,1-2H3,(H,20,21,22)/t11-,14-,15-,19?/m1/s1. The number of hydrogen-bond donors (Lipinski definition) is 5. The zero-order valence-corrected chi connectivity index (χ0v) is 16.8. The molecule has 12 nitrogen and oxygen atoms in total. The lowest BCUT2D eigenvalue weighted by atomic mass is 10.1. The Bertz CT molecular complexity index is 1080. The number of rotatable bonds is 7. The van der Waals surface area contributed by atoms with E-state index in [0.717, 1.165) is 0 Å². The number of phenolic OH excluding ortho intramolecular Hbond substituents is 1. The normalized spacial score (nSPS) is 23.3. The molecule has 166 valence electrons. The number of methoxy groups -OCH3 is 2. The number of aromatic nitrogens is 4. The fourth-order valence-electron chi connectivity index (χ4n) is 3.55. The number of imidazole rings is 1. The Labute approximate surface area is 176 Å². The molecule has 31 heavy (non-hydrogen) atoms. The highest BCUT2D eigenvalue weighted by atomic mass is 16.6. The molecule has 1 aromatic carbocycles. The van der Waals surface area contributed by atoms with E-state index in [1.54, 1.807) is 12.1 Å². The molecule has 1 saturated heterocycles. The van der Waals surface area contributed by atoms with Crippen LogP contribution < -0.4 is 14.8 Å². The van der Waals surface area contributed by atoms with Gasteiger partial charge in [0.25, 0.3) is 0 Å². The monoisotopic (exact) mass is 433 g/mol. The number of ether oxygens (including phenoxy) is 3. The third-order valence-electron chi connectivity index (χ3n) is 5.20. The van der Waals surface area contributed by atoms with Gasteiger partial charge in [-0.15, -0.1) is 0 Å². The largest absolute Gasteiger partial charge is 0.504 e. The van der Waals surface area contributed by atoms with Crippen LogP contribution >= 0.6 is 0 Å². The molecule has 2 aromatic heterocycles. The summed E-state index contributed by atoms with van der Waals surface area (Å²) < 4.78 is 17.4. The smallest absolute Gasteiger partial charge is 0.203 e. The summed E-state index contributed by atoms with van der Waals surface area (Å²) in [5, 5.41) is 43.2. The van der Waals surface area contributed by atoms with E-state index in [1.807, 2.05) is 0 Å². The third-order valence-corrected chi connectivity index (χ3v) is 5.20. The van der Waals surface area contributed by atoms with Crippen molar-refractivity contribution in [3.05, 3.63) is 30.4 Å². The average Bonchev–Trinajstić information content (AvgIpc) is 3.34. The zero-order chi connectivity index (χ0) is 22.1. The predicted octanol–water partition coefficient (Wildman–Crippen LogP) is -0.227. The van der Waals surface area contributed by atoms with Gasteiger partial charge in [0.1, 0.15) is 24.6 Å². The molecule has 4 rings (SSSR count). The van der Waals surface area contributed by atoms with Crippen LogP contribution in [0, 0.1) is 0 Å². The molecule has 12 heteroatoms. The molecule has 0 radical (unpaired) electrons. The van der Waals surface area contributed by atoms with Crippen molar-refractivity contribution >= 4 is 17.0 Å². The Morgan fingerprint density at radius 1 is 1.13 bits per heavy atom. The molecule has 0 aliphatic carbocycles. The van der Waals surface area contributed by atoms with Crippen LogP contribution in [0.3, 0.4) is 0 Å². The summed E-state index contributed by atoms with van der Waals surface area (Å²) in [6, 6.07) is 3.38. The summed E-state index contributed by atoms with van der Waals surface area (Å²) in [7, 11) is 2.92. The fraction of sp³-hybridized carbons (Fsp3) is 0.421. The first kappa shape index (κ1) is 21.1. The number of anilines is 1. The lowest BCUT2D eigenvalue weighted by Crippen LogP contribution is -2.33. The van der Waals surface area contributed by atoms with Crippen LogP contribution in [0.15, 0.2) is 24.8 Å². The van der Waals surface area contributed by atoms with Gasteiger partial charge >= 0.3 is 0 Å². The van der Waals surface area contributed by atoms with Gasteiger partial charge in [-0.3, -0.25) is 4.57 Å². The van der Waals surface area contributed by atoms with Crippen LogP contribution in [0.5, 0.6) is 17.2 Å². The van der Waals surface area contributed by atoms with Gasteiger partial charge in [-0.25, -0.2) is 15.0 Å². The molecule has 4 atom stereocenters. The number of aliphatic hydroxyl groups is 3. The van der Waals surface area contributed by atoms with Crippen LogP contribution in [0.1, 0.15) is 11.8 Å². The fourth-order valence-corrected chi connectivity index (χ4v) is 3.55. The van der Waals surface area contributed by atoms with Crippen molar-refractivity contribution < 1.29 is 34.6 Å². The molecule has 1 fully saturated rings. The minimum atomic E-state index is -1.26. The minimum Gasteiger partial charge on any atom is -0.504 e. The van der Waals surface area contributed by atoms with E-state index < -0.39 is 31.1 Å². The van der Waals surface area contributed by atoms with Crippen molar-refractivity contribution in [1.29, 1.82) is 0 Å². The maximum Gasteiger partial charge on any atom is 0.203 e. The second kappa shape index (κ2) is 8.51. The number of benzene rings is 1. The highest BCUT2D eigenvalue weighted by Crippen LogP contribution is 2.39. The molecular weight excluding hydrogens is 410 g/mol. The summed E-state index contributed by atoms with van der Waals surface area (Å²) in [6.07, 6.45) is -1.64. The van der Waals surface area contributed by atoms with Crippen LogP contribution in [0.25, 0.3) is 11.2 Å². The number of phenols is 1. The predicted molar refractivity (Wildman–Crippen MR) is 107 cm³/mol. The van der Waals surface area contributed by atoms with E-state index in [2.05, 4.69) is 20.3 Å². The molecule has 3 heterocycles. The van der Waals surface area contributed by atoms with Gasteiger partial charge in [-0.1, -0.05) is 0 Å². The molecular formula is C19H23N5O7. The summed E-state index contributed by atoms with van der Waals surface area (Å²) in [6.45, 7) is -0.225. The topological polar surface area (TPSA) is 164 Å². The van der Waals surface area contributed by atoms with Crippen molar-refractivity contribution in [3.63, 3.8) is 0 Å². The maximum atomic E-state index is 10.5. The Morgan fingerprint density at radius 2 is 1.94 bits per heavy atom. The Morgan fingerprint density at radius 3 is 2.61 bits per heavy atom. The first-order valence-electron chi connectivity index (χ1n) is 9.46. The van der Waals surface area contributed by atoms with E-state index in [1.165, 1.54) is 31.4 Å². The highest BCUT2D eigenvalue weighted by molar-refractivity contribution is 5.82. The number of fused-ring (bicyclic) bond motifs is 1. The number of nitrogens with one attached hydrogen (secondary N) is 1. The molecule has 1 unspecified atom stereocenters. The quantitative estimate of drug-likeness (QED) is 0.334. The molecule has 3 aromatic rings. The number of aromatic hydroxyl groups is 1. The zero-order valence-electron chi connectivity index (χ0n) is 16.8. The van der Waals surface area contributed by atoms with Crippen molar-refractivity contribution in [1.82, 2.24) is 19.5 Å². The van der Waals surface area contributed by atoms with Gasteiger partial charge < -0.3 is 40.0 Å². The maximum absolute atomic E-state index is 10.5. The highest BCUT2D eigenvalue weighted by Gasteiger charge is 2.44. The third kappa shape index (κ3) is 3.59. The molecule has 0 bridgehead atoms. The van der Waals surface area contributed by atoms with Crippen LogP contribution in [-0.2, 0) is 11.3 Å². The van der Waals surface area contributed by atoms with E-state index in [-0.39, 0.29) is 18.0 Å². The minimum absolute atomic E-state index is 0.0586. The van der Waals surface area contributed by atoms with Crippen molar-refractivity contribution in [2.24, 2.45) is 0 Å². The SMILES string of the molecule is COc1ccc(CNc2ncnc3c2ncn3C2O[C@H](CO)[C@@H](O)[C@H]2O)c(O)c1OC. The van der Waals surface area contributed by atoms with E-state index in [9.17, 15) is 20.4 Å². The average molecular weight is 433 g/mol. The van der Waals surface area contributed by atoms with E-state index in [0.29, 0.717) is 28.3 Å². The first-order valence-corrected chi connectivity index (χ1v) is 9.46. The lowest BCUT2D eigenvalue weighted by molar-refractivity contribution is -0.0511. The van der Waals surface area contributed by atoms with Crippen molar-refractivity contribution in [2.45, 2.75) is 31.1 Å². The number of aliphatic hydroxyl groups excluding tert-OH is 3. The summed E-state index contributed by atoms with van der Waals surface area (Å²) in [5.74, 6) is 0.968. The molecule has 0 amide bonds. The summed E-state index contributed by atoms with van der Waals surface area (Å²) in [4.78, 5) is 12.7. The van der Waals surface area contributed by atoms with Gasteiger partial charge in [0.2, 0.25) is 5.75 Å². The van der Waals surface area contributed by atoms with Gasteiger partial charge in [-0.2, -0.15) is 0 Å². The Hall–Kier alpha value is -3.19. The Kier molecular flexibility index (Phi) is 5.78. The van der Waals surface area contributed by atoms with E-state index in [4.69, 9.17) is 14.2 Å². The van der Waals surface area contributed by atoms with Crippen LogP contribution in [-0.4, -0.2) is 79.1 Å². The second-order valence-corrected chi connectivity index (χ2v) is 6.94. The molecule has 0 saturated carbocycles. The molecule has 1 aliphatic rings.